The number of nitrogen functional groups attached to an aromatic ring is 1. The van der Waals surface area contributed by atoms with Gasteiger partial charge in [0.25, 0.3) is 0 Å². The van der Waals surface area contributed by atoms with Gasteiger partial charge in [0.1, 0.15) is 6.04 Å². The van der Waals surface area contributed by atoms with Crippen LogP contribution in [0.3, 0.4) is 0 Å². The molecule has 1 fully saturated rings. The van der Waals surface area contributed by atoms with Crippen molar-refractivity contribution >= 4 is 17.3 Å². The number of aliphatic hydroxyl groups excluding tert-OH is 1. The highest BCUT2D eigenvalue weighted by Crippen LogP contribution is 2.27. The van der Waals surface area contributed by atoms with Gasteiger partial charge in [0.05, 0.1) is 19.3 Å². The van der Waals surface area contributed by atoms with Gasteiger partial charge in [-0.05, 0) is 24.3 Å². The number of hydrogen-bond acceptors (Lipinski definition) is 5. The molecule has 2 atom stereocenters. The fourth-order valence-electron chi connectivity index (χ4n) is 2.36. The van der Waals surface area contributed by atoms with E-state index in [1.54, 1.807) is 12.1 Å². The molecule has 6 heteroatoms. The summed E-state index contributed by atoms with van der Waals surface area (Å²) in [4.78, 5) is 13.4. The van der Waals surface area contributed by atoms with Crippen LogP contribution in [0.2, 0.25) is 0 Å². The Morgan fingerprint density at radius 1 is 1.42 bits per heavy atom. The number of amides is 1. The Morgan fingerprint density at radius 2 is 2.11 bits per heavy atom. The fraction of sp³-hybridized carbons (Fsp3) is 0.462. The molecule has 0 bridgehead atoms. The van der Waals surface area contributed by atoms with E-state index in [2.05, 4.69) is 0 Å². The third-order valence-electron chi connectivity index (χ3n) is 3.26. The van der Waals surface area contributed by atoms with Gasteiger partial charge in [-0.2, -0.15) is 0 Å². The quantitative estimate of drug-likeness (QED) is 0.635. The third kappa shape index (κ3) is 3.15. The Morgan fingerprint density at radius 3 is 2.68 bits per heavy atom. The second kappa shape index (κ2) is 5.90. The van der Waals surface area contributed by atoms with Gasteiger partial charge in [-0.3, -0.25) is 4.79 Å². The molecule has 0 radical (unpaired) electrons. The Balaban J connectivity index is 2.12. The van der Waals surface area contributed by atoms with Crippen LogP contribution >= 0.6 is 0 Å². The molecule has 1 heterocycles. The van der Waals surface area contributed by atoms with Gasteiger partial charge in [-0.1, -0.05) is 0 Å². The van der Waals surface area contributed by atoms with E-state index in [-0.39, 0.29) is 31.3 Å². The number of anilines is 2. The van der Waals surface area contributed by atoms with E-state index in [1.807, 2.05) is 17.0 Å². The summed E-state index contributed by atoms with van der Waals surface area (Å²) >= 11 is 0. The highest BCUT2D eigenvalue weighted by molar-refractivity contribution is 5.84. The van der Waals surface area contributed by atoms with Crippen molar-refractivity contribution in [3.05, 3.63) is 24.3 Å². The Bertz CT molecular complexity index is 435. The first kappa shape index (κ1) is 13.6. The van der Waals surface area contributed by atoms with E-state index in [9.17, 15) is 4.79 Å². The lowest BCUT2D eigenvalue weighted by Crippen LogP contribution is -2.40. The molecule has 1 aliphatic rings. The van der Waals surface area contributed by atoms with Crippen LogP contribution in [-0.2, 0) is 9.53 Å². The number of benzene rings is 1. The largest absolute Gasteiger partial charge is 0.399 e. The zero-order valence-electron chi connectivity index (χ0n) is 10.7. The first-order valence-corrected chi connectivity index (χ1v) is 6.25. The van der Waals surface area contributed by atoms with Crippen LogP contribution in [0.5, 0.6) is 0 Å². The molecular weight excluding hydrogens is 246 g/mol. The van der Waals surface area contributed by atoms with Crippen LogP contribution in [0.4, 0.5) is 11.4 Å². The molecular formula is C13H19N3O3. The molecule has 5 N–H and O–H groups in total. The van der Waals surface area contributed by atoms with Gasteiger partial charge in [0.15, 0.2) is 0 Å². The van der Waals surface area contributed by atoms with Crippen molar-refractivity contribution in [2.75, 3.05) is 30.4 Å². The number of aliphatic hydroxyl groups is 1. The summed E-state index contributed by atoms with van der Waals surface area (Å²) < 4.78 is 5.48. The molecule has 0 aliphatic carbocycles. The number of carbonyl (C=O) groups is 1. The molecule has 6 nitrogen and oxygen atoms in total. The SMILES string of the molecule is NC(=O)C1CC(OCCO)CN1c1ccc(N)cc1. The fourth-order valence-corrected chi connectivity index (χ4v) is 2.36. The van der Waals surface area contributed by atoms with Crippen LogP contribution in [-0.4, -0.2) is 42.9 Å². The first-order valence-electron chi connectivity index (χ1n) is 6.25. The second-order valence-corrected chi connectivity index (χ2v) is 4.61. The maximum atomic E-state index is 11.5. The molecule has 1 aliphatic heterocycles. The standard InChI is InChI=1S/C13H19N3O3/c14-9-1-3-10(4-2-9)16-8-11(19-6-5-17)7-12(16)13(15)18/h1-4,11-12,17H,5-8,14H2,(H2,15,18). The topological polar surface area (TPSA) is 102 Å². The van der Waals surface area contributed by atoms with E-state index < -0.39 is 0 Å². The lowest BCUT2D eigenvalue weighted by molar-refractivity contribution is -0.119. The average Bonchev–Trinajstić information content (AvgIpc) is 2.81. The average molecular weight is 265 g/mol. The van der Waals surface area contributed by atoms with Crippen LogP contribution in [0.1, 0.15) is 6.42 Å². The summed E-state index contributed by atoms with van der Waals surface area (Å²) in [5.74, 6) is -0.369. The number of nitrogens with two attached hydrogens (primary N) is 2. The first-order chi connectivity index (χ1) is 9.11. The molecule has 1 aromatic rings. The number of carbonyl (C=O) groups excluding carboxylic acids is 1. The van der Waals surface area contributed by atoms with Crippen molar-refractivity contribution in [2.45, 2.75) is 18.6 Å². The number of primary amides is 1. The molecule has 2 unspecified atom stereocenters. The molecule has 0 spiro atoms. The Kier molecular flexibility index (Phi) is 4.24. The van der Waals surface area contributed by atoms with E-state index >= 15 is 0 Å². The van der Waals surface area contributed by atoms with Crippen LogP contribution in [0.15, 0.2) is 24.3 Å². The predicted molar refractivity (Wildman–Crippen MR) is 72.6 cm³/mol. The van der Waals surface area contributed by atoms with E-state index in [0.717, 1.165) is 5.69 Å². The number of rotatable bonds is 5. The van der Waals surface area contributed by atoms with Gasteiger partial charge in [-0.25, -0.2) is 0 Å². The number of nitrogens with zero attached hydrogens (tertiary/aromatic N) is 1. The molecule has 0 saturated carbocycles. The lowest BCUT2D eigenvalue weighted by atomic mass is 10.2. The van der Waals surface area contributed by atoms with E-state index in [4.69, 9.17) is 21.3 Å². The molecule has 2 rings (SSSR count). The van der Waals surface area contributed by atoms with Crippen molar-refractivity contribution in [1.29, 1.82) is 0 Å². The zero-order valence-corrected chi connectivity index (χ0v) is 10.7. The maximum absolute atomic E-state index is 11.5. The number of hydrogen-bond donors (Lipinski definition) is 3. The van der Waals surface area contributed by atoms with Gasteiger partial charge in [-0.15, -0.1) is 0 Å². The molecule has 1 aromatic carbocycles. The van der Waals surface area contributed by atoms with Gasteiger partial charge in [0.2, 0.25) is 5.91 Å². The van der Waals surface area contributed by atoms with Gasteiger partial charge in [0, 0.05) is 24.3 Å². The number of ether oxygens (including phenoxy) is 1. The molecule has 1 saturated heterocycles. The van der Waals surface area contributed by atoms with Crippen LogP contribution in [0, 0.1) is 0 Å². The maximum Gasteiger partial charge on any atom is 0.240 e. The van der Waals surface area contributed by atoms with E-state index in [0.29, 0.717) is 18.7 Å². The Hall–Kier alpha value is -1.79. The monoisotopic (exact) mass is 265 g/mol. The third-order valence-corrected chi connectivity index (χ3v) is 3.26. The van der Waals surface area contributed by atoms with Crippen LogP contribution in [0.25, 0.3) is 0 Å². The summed E-state index contributed by atoms with van der Waals surface area (Å²) in [6, 6.07) is 6.91. The van der Waals surface area contributed by atoms with Crippen molar-refractivity contribution in [3.8, 4) is 0 Å². The minimum absolute atomic E-state index is 0.0282. The smallest absolute Gasteiger partial charge is 0.240 e. The Labute approximate surface area is 111 Å². The highest BCUT2D eigenvalue weighted by Gasteiger charge is 2.36. The second-order valence-electron chi connectivity index (χ2n) is 4.61. The van der Waals surface area contributed by atoms with Crippen molar-refractivity contribution in [3.63, 3.8) is 0 Å². The molecule has 104 valence electrons. The normalized spacial score (nSPS) is 22.7. The molecule has 19 heavy (non-hydrogen) atoms. The summed E-state index contributed by atoms with van der Waals surface area (Å²) in [7, 11) is 0. The highest BCUT2D eigenvalue weighted by atomic mass is 16.5. The predicted octanol–water partition coefficient (Wildman–Crippen LogP) is -0.290. The van der Waals surface area contributed by atoms with Gasteiger partial charge >= 0.3 is 0 Å². The van der Waals surface area contributed by atoms with Crippen molar-refractivity contribution in [2.24, 2.45) is 5.73 Å². The summed E-state index contributed by atoms with van der Waals surface area (Å²) in [6.07, 6.45) is 0.446. The van der Waals surface area contributed by atoms with Crippen molar-refractivity contribution in [1.82, 2.24) is 0 Å². The molecule has 1 amide bonds. The molecule has 0 aromatic heterocycles. The van der Waals surface area contributed by atoms with Crippen molar-refractivity contribution < 1.29 is 14.6 Å². The summed E-state index contributed by atoms with van der Waals surface area (Å²) in [5.41, 5.74) is 12.7. The summed E-state index contributed by atoms with van der Waals surface area (Å²) in [6.45, 7) is 0.822. The van der Waals surface area contributed by atoms with Crippen LogP contribution < -0.4 is 16.4 Å². The summed E-state index contributed by atoms with van der Waals surface area (Å²) in [5, 5.41) is 8.77. The minimum Gasteiger partial charge on any atom is -0.399 e. The lowest BCUT2D eigenvalue weighted by Gasteiger charge is -2.24. The van der Waals surface area contributed by atoms with E-state index in [1.165, 1.54) is 0 Å². The minimum atomic E-state index is -0.382. The zero-order chi connectivity index (χ0) is 13.8. The van der Waals surface area contributed by atoms with Gasteiger partial charge < -0.3 is 26.2 Å².